The predicted octanol–water partition coefficient (Wildman–Crippen LogP) is 5.10. The summed E-state index contributed by atoms with van der Waals surface area (Å²) in [6, 6.07) is 6.85. The average Bonchev–Trinajstić information content (AvgIpc) is 2.48. The van der Waals surface area contributed by atoms with Crippen molar-refractivity contribution in [3.63, 3.8) is 0 Å². The summed E-state index contributed by atoms with van der Waals surface area (Å²) in [6.45, 7) is 4.30. The SMILES string of the molecule is CCC(C)CC(=O)[C@H]1CC[C@H](c2ccc(F)cc2)CC1. The van der Waals surface area contributed by atoms with Crippen LogP contribution in [0.1, 0.15) is 63.9 Å². The van der Waals surface area contributed by atoms with Crippen LogP contribution in [0.4, 0.5) is 4.39 Å². The molecule has 110 valence electrons. The number of halogens is 1. The molecule has 1 unspecified atom stereocenters. The van der Waals surface area contributed by atoms with Gasteiger partial charge in [-0.05, 0) is 55.2 Å². The van der Waals surface area contributed by atoms with Gasteiger partial charge >= 0.3 is 0 Å². The molecule has 0 amide bonds. The number of ketones is 1. The monoisotopic (exact) mass is 276 g/mol. The Labute approximate surface area is 121 Å². The predicted molar refractivity (Wildman–Crippen MR) is 80.2 cm³/mol. The van der Waals surface area contributed by atoms with Crippen LogP contribution in [0, 0.1) is 17.7 Å². The minimum atomic E-state index is -0.175. The van der Waals surface area contributed by atoms with E-state index in [2.05, 4.69) is 13.8 Å². The van der Waals surface area contributed by atoms with E-state index in [0.717, 1.165) is 38.5 Å². The van der Waals surface area contributed by atoms with E-state index in [0.29, 0.717) is 17.6 Å². The van der Waals surface area contributed by atoms with Gasteiger partial charge in [0.25, 0.3) is 0 Å². The molecular formula is C18H25FO. The quantitative estimate of drug-likeness (QED) is 0.730. The third kappa shape index (κ3) is 3.91. The van der Waals surface area contributed by atoms with E-state index in [1.54, 1.807) is 0 Å². The number of Topliss-reactive ketones (excluding diaryl/α,β-unsaturated/α-hetero) is 1. The van der Waals surface area contributed by atoms with Gasteiger partial charge in [-0.15, -0.1) is 0 Å². The van der Waals surface area contributed by atoms with Gasteiger partial charge in [0.2, 0.25) is 0 Å². The summed E-state index contributed by atoms with van der Waals surface area (Å²) >= 11 is 0. The number of carbonyl (C=O) groups is 1. The van der Waals surface area contributed by atoms with Crippen LogP contribution < -0.4 is 0 Å². The molecule has 2 heteroatoms. The highest BCUT2D eigenvalue weighted by molar-refractivity contribution is 5.81. The topological polar surface area (TPSA) is 17.1 Å². The van der Waals surface area contributed by atoms with Crippen LogP contribution >= 0.6 is 0 Å². The van der Waals surface area contributed by atoms with E-state index in [1.165, 1.54) is 17.7 Å². The Balaban J connectivity index is 1.86. The van der Waals surface area contributed by atoms with E-state index >= 15 is 0 Å². The van der Waals surface area contributed by atoms with Crippen LogP contribution in [0.3, 0.4) is 0 Å². The molecule has 0 spiro atoms. The molecule has 1 aliphatic carbocycles. The maximum absolute atomic E-state index is 12.9. The molecule has 0 saturated heterocycles. The Morgan fingerprint density at radius 1 is 1.20 bits per heavy atom. The molecule has 2 rings (SSSR count). The largest absolute Gasteiger partial charge is 0.299 e. The van der Waals surface area contributed by atoms with E-state index in [4.69, 9.17) is 0 Å². The minimum absolute atomic E-state index is 0.175. The molecular weight excluding hydrogens is 251 g/mol. The highest BCUT2D eigenvalue weighted by atomic mass is 19.1. The Bertz CT molecular complexity index is 429. The first-order valence-corrected chi connectivity index (χ1v) is 7.88. The molecule has 1 atom stereocenters. The number of carbonyl (C=O) groups excluding carboxylic acids is 1. The number of benzene rings is 1. The first-order valence-electron chi connectivity index (χ1n) is 7.88. The summed E-state index contributed by atoms with van der Waals surface area (Å²) < 4.78 is 12.9. The molecule has 1 saturated carbocycles. The van der Waals surface area contributed by atoms with Gasteiger partial charge < -0.3 is 0 Å². The molecule has 1 aliphatic rings. The summed E-state index contributed by atoms with van der Waals surface area (Å²) in [4.78, 5) is 12.2. The molecule has 0 bridgehead atoms. The summed E-state index contributed by atoms with van der Waals surface area (Å²) in [7, 11) is 0. The van der Waals surface area contributed by atoms with E-state index in [-0.39, 0.29) is 11.7 Å². The Kier molecular flexibility index (Phi) is 5.33. The summed E-state index contributed by atoms with van der Waals surface area (Å²) in [6.07, 6.45) is 5.93. The van der Waals surface area contributed by atoms with Crippen molar-refractivity contribution < 1.29 is 9.18 Å². The van der Waals surface area contributed by atoms with Gasteiger partial charge in [-0.3, -0.25) is 4.79 Å². The van der Waals surface area contributed by atoms with Crippen LogP contribution in [0.2, 0.25) is 0 Å². The van der Waals surface area contributed by atoms with Crippen molar-refractivity contribution in [1.29, 1.82) is 0 Å². The highest BCUT2D eigenvalue weighted by Crippen LogP contribution is 2.36. The van der Waals surface area contributed by atoms with Crippen molar-refractivity contribution in [2.24, 2.45) is 11.8 Å². The van der Waals surface area contributed by atoms with Gasteiger partial charge in [0, 0.05) is 12.3 Å². The van der Waals surface area contributed by atoms with Crippen molar-refractivity contribution in [1.82, 2.24) is 0 Å². The van der Waals surface area contributed by atoms with Crippen molar-refractivity contribution in [3.8, 4) is 0 Å². The van der Waals surface area contributed by atoms with E-state index in [9.17, 15) is 9.18 Å². The van der Waals surface area contributed by atoms with Gasteiger partial charge in [0.15, 0.2) is 0 Å². The molecule has 0 aromatic heterocycles. The third-order valence-corrected chi connectivity index (χ3v) is 4.77. The first kappa shape index (κ1) is 15.2. The zero-order chi connectivity index (χ0) is 14.5. The third-order valence-electron chi connectivity index (χ3n) is 4.77. The number of hydrogen-bond acceptors (Lipinski definition) is 1. The normalized spacial score (nSPS) is 24.4. The second-order valence-electron chi connectivity index (χ2n) is 6.28. The molecule has 1 aromatic carbocycles. The number of rotatable bonds is 5. The van der Waals surface area contributed by atoms with Gasteiger partial charge in [0.1, 0.15) is 11.6 Å². The smallest absolute Gasteiger partial charge is 0.136 e. The maximum Gasteiger partial charge on any atom is 0.136 e. The lowest BCUT2D eigenvalue weighted by Crippen LogP contribution is -2.22. The lowest BCUT2D eigenvalue weighted by molar-refractivity contribution is -0.124. The van der Waals surface area contributed by atoms with Crippen LogP contribution in [-0.2, 0) is 4.79 Å². The average molecular weight is 276 g/mol. The molecule has 0 N–H and O–H groups in total. The fourth-order valence-corrected chi connectivity index (χ4v) is 3.14. The van der Waals surface area contributed by atoms with Crippen molar-refractivity contribution in [2.45, 2.75) is 58.3 Å². The highest BCUT2D eigenvalue weighted by Gasteiger charge is 2.27. The Morgan fingerprint density at radius 2 is 1.80 bits per heavy atom. The maximum atomic E-state index is 12.9. The standard InChI is InChI=1S/C18H25FO/c1-3-13(2)12-18(20)16-6-4-14(5-7-16)15-8-10-17(19)11-9-15/h8-11,13-14,16H,3-7,12H2,1-2H3/t13?,14-,16-. The summed E-state index contributed by atoms with van der Waals surface area (Å²) in [5.74, 6) is 1.56. The lowest BCUT2D eigenvalue weighted by Gasteiger charge is -2.28. The lowest BCUT2D eigenvalue weighted by atomic mass is 9.76. The fraction of sp³-hybridized carbons (Fsp3) is 0.611. The van der Waals surface area contributed by atoms with E-state index < -0.39 is 0 Å². The minimum Gasteiger partial charge on any atom is -0.299 e. The zero-order valence-corrected chi connectivity index (χ0v) is 12.6. The number of hydrogen-bond donors (Lipinski definition) is 0. The molecule has 0 aliphatic heterocycles. The fourth-order valence-electron chi connectivity index (χ4n) is 3.14. The van der Waals surface area contributed by atoms with Crippen LogP contribution in [0.25, 0.3) is 0 Å². The van der Waals surface area contributed by atoms with Crippen LogP contribution in [0.15, 0.2) is 24.3 Å². The molecule has 1 fully saturated rings. The van der Waals surface area contributed by atoms with Gasteiger partial charge in [0.05, 0.1) is 0 Å². The second-order valence-corrected chi connectivity index (χ2v) is 6.28. The zero-order valence-electron chi connectivity index (χ0n) is 12.6. The van der Waals surface area contributed by atoms with Gasteiger partial charge in [-0.2, -0.15) is 0 Å². The summed E-state index contributed by atoms with van der Waals surface area (Å²) in [5.41, 5.74) is 1.22. The second kappa shape index (κ2) is 7.01. The summed E-state index contributed by atoms with van der Waals surface area (Å²) in [5, 5.41) is 0. The molecule has 20 heavy (non-hydrogen) atoms. The Morgan fingerprint density at radius 3 is 2.35 bits per heavy atom. The Hall–Kier alpha value is -1.18. The van der Waals surface area contributed by atoms with Crippen LogP contribution in [0.5, 0.6) is 0 Å². The molecule has 0 heterocycles. The molecule has 1 nitrogen and oxygen atoms in total. The molecule has 1 aromatic rings. The van der Waals surface area contributed by atoms with Crippen LogP contribution in [-0.4, -0.2) is 5.78 Å². The van der Waals surface area contributed by atoms with Crippen molar-refractivity contribution >= 4 is 5.78 Å². The van der Waals surface area contributed by atoms with E-state index in [1.807, 2.05) is 12.1 Å². The first-order chi connectivity index (χ1) is 9.60. The van der Waals surface area contributed by atoms with Crippen molar-refractivity contribution in [3.05, 3.63) is 35.6 Å². The molecule has 0 radical (unpaired) electrons. The van der Waals surface area contributed by atoms with Gasteiger partial charge in [-0.1, -0.05) is 32.4 Å². The van der Waals surface area contributed by atoms with Gasteiger partial charge in [-0.25, -0.2) is 4.39 Å². The van der Waals surface area contributed by atoms with Crippen molar-refractivity contribution in [2.75, 3.05) is 0 Å².